The van der Waals surface area contributed by atoms with E-state index in [4.69, 9.17) is 0 Å². The summed E-state index contributed by atoms with van der Waals surface area (Å²) in [7, 11) is 1.22. The smallest absolute Gasteiger partial charge is 0.328 e. The number of methoxy groups -OCH3 is 1. The lowest BCUT2D eigenvalue weighted by Crippen LogP contribution is -2.42. The lowest BCUT2D eigenvalue weighted by molar-refractivity contribution is -0.148. The van der Waals surface area contributed by atoms with Crippen molar-refractivity contribution in [3.05, 3.63) is 58.8 Å². The van der Waals surface area contributed by atoms with Crippen molar-refractivity contribution in [2.45, 2.75) is 19.9 Å². The summed E-state index contributed by atoms with van der Waals surface area (Å²) in [6, 6.07) is 10.7. The Morgan fingerprint density at radius 3 is 2.69 bits per heavy atom. The van der Waals surface area contributed by atoms with Crippen LogP contribution in [0.25, 0.3) is 11.8 Å². The number of esters is 1. The Kier molecular flexibility index (Phi) is 4.99. The molecule has 1 aromatic carbocycles. The highest BCUT2D eigenvalue weighted by molar-refractivity contribution is 8.18. The summed E-state index contributed by atoms with van der Waals surface area (Å²) in [4.78, 5) is 37.7. The van der Waals surface area contributed by atoms with Gasteiger partial charge in [-0.25, -0.2) is 4.79 Å². The number of carbonyl (C=O) groups excluding carboxylic acids is 3. The molecule has 0 bridgehead atoms. The van der Waals surface area contributed by atoms with Crippen LogP contribution in [0.4, 0.5) is 4.79 Å². The number of hydrogen-bond acceptors (Lipinski definition) is 5. The van der Waals surface area contributed by atoms with Gasteiger partial charge in [0.15, 0.2) is 0 Å². The van der Waals surface area contributed by atoms with Crippen molar-refractivity contribution >= 4 is 35.0 Å². The van der Waals surface area contributed by atoms with Crippen LogP contribution in [0, 0.1) is 6.92 Å². The predicted octanol–water partition coefficient (Wildman–Crippen LogP) is 3.38. The summed E-state index contributed by atoms with van der Waals surface area (Å²) in [6.45, 7) is 3.48. The van der Waals surface area contributed by atoms with Crippen LogP contribution < -0.4 is 0 Å². The van der Waals surface area contributed by atoms with Gasteiger partial charge >= 0.3 is 5.97 Å². The van der Waals surface area contributed by atoms with Crippen LogP contribution in [0.5, 0.6) is 0 Å². The summed E-state index contributed by atoms with van der Waals surface area (Å²) in [5.74, 6) is -1.12. The van der Waals surface area contributed by atoms with E-state index in [2.05, 4.69) is 4.74 Å². The van der Waals surface area contributed by atoms with Crippen LogP contribution in [0.3, 0.4) is 0 Å². The first kappa shape index (κ1) is 18.0. The van der Waals surface area contributed by atoms with Crippen molar-refractivity contribution in [2.75, 3.05) is 7.11 Å². The average Bonchev–Trinajstić information content (AvgIpc) is 3.18. The third kappa shape index (κ3) is 3.30. The predicted molar refractivity (Wildman–Crippen MR) is 99.8 cm³/mol. The molecule has 1 atom stereocenters. The molecule has 6 nitrogen and oxygen atoms in total. The van der Waals surface area contributed by atoms with E-state index in [1.165, 1.54) is 14.0 Å². The van der Waals surface area contributed by atoms with Gasteiger partial charge in [0.05, 0.1) is 12.0 Å². The number of nitrogens with zero attached hydrogens (tertiary/aromatic N) is 2. The standard InChI is InChI=1S/C19H18N2O4S/c1-12-6-4-7-14(10-12)20-9-5-8-15(20)11-16-17(22)21(19(24)26-16)13(2)18(23)25-3/h4-11,13H,1-3H3/b16-11+/t13-/m0/s1. The maximum absolute atomic E-state index is 12.6. The molecule has 1 aliphatic rings. The summed E-state index contributed by atoms with van der Waals surface area (Å²) < 4.78 is 6.57. The molecular formula is C19H18N2O4S. The molecule has 1 saturated heterocycles. The molecule has 1 aliphatic heterocycles. The van der Waals surface area contributed by atoms with Crippen molar-refractivity contribution in [1.82, 2.24) is 9.47 Å². The molecular weight excluding hydrogens is 352 g/mol. The normalized spacial score (nSPS) is 17.0. The zero-order valence-corrected chi connectivity index (χ0v) is 15.4. The van der Waals surface area contributed by atoms with E-state index < -0.39 is 23.2 Å². The van der Waals surface area contributed by atoms with Gasteiger partial charge in [0.25, 0.3) is 11.1 Å². The van der Waals surface area contributed by atoms with Gasteiger partial charge in [-0.3, -0.25) is 14.5 Å². The fourth-order valence-electron chi connectivity index (χ4n) is 2.75. The molecule has 2 heterocycles. The molecule has 0 saturated carbocycles. The number of carbonyl (C=O) groups is 3. The van der Waals surface area contributed by atoms with Crippen molar-refractivity contribution in [3.8, 4) is 5.69 Å². The molecule has 2 amide bonds. The Bertz CT molecular complexity index is 916. The van der Waals surface area contributed by atoms with Crippen LogP contribution in [-0.2, 0) is 14.3 Å². The van der Waals surface area contributed by atoms with Gasteiger partial charge in [-0.1, -0.05) is 12.1 Å². The van der Waals surface area contributed by atoms with Gasteiger partial charge in [-0.15, -0.1) is 0 Å². The maximum atomic E-state index is 12.6. The van der Waals surface area contributed by atoms with Crippen molar-refractivity contribution in [3.63, 3.8) is 0 Å². The quantitative estimate of drug-likeness (QED) is 0.610. The molecule has 26 heavy (non-hydrogen) atoms. The van der Waals surface area contributed by atoms with Crippen LogP contribution >= 0.6 is 11.8 Å². The Labute approximate surface area is 155 Å². The highest BCUT2D eigenvalue weighted by Gasteiger charge is 2.41. The fourth-order valence-corrected chi connectivity index (χ4v) is 3.64. The van der Waals surface area contributed by atoms with Crippen LogP contribution in [-0.4, -0.2) is 39.7 Å². The number of ether oxygens (including phenoxy) is 1. The van der Waals surface area contributed by atoms with E-state index in [9.17, 15) is 14.4 Å². The molecule has 1 fully saturated rings. The molecule has 1 aromatic heterocycles. The van der Waals surface area contributed by atoms with Gasteiger partial charge in [-0.2, -0.15) is 0 Å². The number of imide groups is 1. The average molecular weight is 370 g/mol. The third-order valence-corrected chi connectivity index (χ3v) is 4.98. The first-order valence-electron chi connectivity index (χ1n) is 8.01. The molecule has 2 aromatic rings. The van der Waals surface area contributed by atoms with Crippen LogP contribution in [0.1, 0.15) is 18.2 Å². The summed E-state index contributed by atoms with van der Waals surface area (Å²) >= 11 is 0.821. The van der Waals surface area contributed by atoms with E-state index in [1.807, 2.05) is 54.1 Å². The maximum Gasteiger partial charge on any atom is 0.328 e. The van der Waals surface area contributed by atoms with Gasteiger partial charge in [0.2, 0.25) is 0 Å². The number of rotatable bonds is 4. The minimum Gasteiger partial charge on any atom is -0.467 e. The number of aromatic nitrogens is 1. The minimum absolute atomic E-state index is 0.276. The molecule has 134 valence electrons. The van der Waals surface area contributed by atoms with E-state index in [1.54, 1.807) is 6.08 Å². The lowest BCUT2D eigenvalue weighted by Gasteiger charge is -2.18. The zero-order chi connectivity index (χ0) is 18.8. The first-order chi connectivity index (χ1) is 12.4. The minimum atomic E-state index is -0.957. The van der Waals surface area contributed by atoms with E-state index in [-0.39, 0.29) is 4.91 Å². The van der Waals surface area contributed by atoms with Crippen LogP contribution in [0.2, 0.25) is 0 Å². The largest absolute Gasteiger partial charge is 0.467 e. The molecule has 0 N–H and O–H groups in total. The molecule has 0 radical (unpaired) electrons. The van der Waals surface area contributed by atoms with E-state index in [0.29, 0.717) is 0 Å². The van der Waals surface area contributed by atoms with Crippen molar-refractivity contribution in [1.29, 1.82) is 0 Å². The Morgan fingerprint density at radius 1 is 1.23 bits per heavy atom. The zero-order valence-electron chi connectivity index (χ0n) is 14.6. The third-order valence-electron chi connectivity index (χ3n) is 4.09. The molecule has 3 rings (SSSR count). The highest BCUT2D eigenvalue weighted by Crippen LogP contribution is 2.34. The van der Waals surface area contributed by atoms with Gasteiger partial charge in [0, 0.05) is 17.6 Å². The monoisotopic (exact) mass is 370 g/mol. The van der Waals surface area contributed by atoms with Gasteiger partial charge in [0.1, 0.15) is 6.04 Å². The topological polar surface area (TPSA) is 68.6 Å². The molecule has 0 unspecified atom stereocenters. The fraction of sp³-hybridized carbons (Fsp3) is 0.211. The number of hydrogen-bond donors (Lipinski definition) is 0. The van der Waals surface area contributed by atoms with E-state index >= 15 is 0 Å². The lowest BCUT2D eigenvalue weighted by atomic mass is 10.2. The Morgan fingerprint density at radius 2 is 2.00 bits per heavy atom. The SMILES string of the molecule is COC(=O)[C@H](C)N1C(=O)S/C(=C/c2cccn2-c2cccc(C)c2)C1=O. The van der Waals surface area contributed by atoms with E-state index in [0.717, 1.165) is 33.6 Å². The highest BCUT2D eigenvalue weighted by atomic mass is 32.2. The molecule has 0 aliphatic carbocycles. The second-order valence-corrected chi connectivity index (χ2v) is 6.89. The molecule has 0 spiro atoms. The summed E-state index contributed by atoms with van der Waals surface area (Å²) in [6.07, 6.45) is 3.55. The van der Waals surface area contributed by atoms with Gasteiger partial charge in [-0.05, 0) is 61.5 Å². The number of amides is 2. The number of aryl methyl sites for hydroxylation is 1. The number of benzene rings is 1. The summed E-state index contributed by atoms with van der Waals surface area (Å²) in [5.41, 5.74) is 2.85. The van der Waals surface area contributed by atoms with Crippen molar-refractivity contribution < 1.29 is 19.1 Å². The van der Waals surface area contributed by atoms with Crippen LogP contribution in [0.15, 0.2) is 47.5 Å². The Hall–Kier alpha value is -2.80. The van der Waals surface area contributed by atoms with Crippen molar-refractivity contribution in [2.24, 2.45) is 0 Å². The Balaban J connectivity index is 1.93. The first-order valence-corrected chi connectivity index (χ1v) is 8.83. The second kappa shape index (κ2) is 7.21. The second-order valence-electron chi connectivity index (χ2n) is 5.89. The molecule has 7 heteroatoms. The summed E-state index contributed by atoms with van der Waals surface area (Å²) in [5, 5.41) is -0.479. The van der Waals surface area contributed by atoms with Gasteiger partial charge < -0.3 is 9.30 Å². The number of thioether (sulfide) groups is 1.